The van der Waals surface area contributed by atoms with Crippen LogP contribution in [0.4, 0.5) is 0 Å². The molecule has 0 aliphatic heterocycles. The molecule has 0 atom stereocenters. The molecule has 5 heavy (non-hydrogen) atoms. The fourth-order valence-electron chi connectivity index (χ4n) is 0. The Hall–Kier alpha value is 0.906. The summed E-state index contributed by atoms with van der Waals surface area (Å²) in [4.78, 5) is 0. The lowest BCUT2D eigenvalue weighted by Crippen LogP contribution is -1.36. The first-order valence-electron chi connectivity index (χ1n) is 0.823. The van der Waals surface area contributed by atoms with Crippen LogP contribution in [0.5, 0.6) is 0 Å². The monoisotopic (exact) mass is 119 g/mol. The molecular weight excluding hydrogens is 119 g/mol. The van der Waals surface area contributed by atoms with Crippen LogP contribution in [0.25, 0.3) is 0 Å². The molecular formula is C2HCl2Mg. The third-order valence-corrected chi connectivity index (χ3v) is 0. The van der Waals surface area contributed by atoms with Crippen LogP contribution in [0.15, 0.2) is 0 Å². The van der Waals surface area contributed by atoms with Crippen LogP contribution in [-0.4, -0.2) is 18.2 Å². The summed E-state index contributed by atoms with van der Waals surface area (Å²) in [5.41, 5.74) is 0. The van der Waals surface area contributed by atoms with E-state index in [-0.39, 0.29) is 0 Å². The van der Waals surface area contributed by atoms with Gasteiger partial charge in [0.25, 0.3) is 0 Å². The molecule has 0 aromatic rings. The fraction of sp³-hybridized carbons (Fsp3) is 0. The summed E-state index contributed by atoms with van der Waals surface area (Å²) in [6, 6.07) is 0. The van der Waals surface area contributed by atoms with Gasteiger partial charge in [-0.2, -0.15) is 0 Å². The molecule has 0 unspecified atom stereocenters. The summed E-state index contributed by atoms with van der Waals surface area (Å²) in [6.07, 6.45) is 9.00. The van der Waals surface area contributed by atoms with Gasteiger partial charge in [-0.3, -0.25) is 0 Å². The third-order valence-electron chi connectivity index (χ3n) is 0. The molecule has 0 rings (SSSR count). The highest BCUT2D eigenvalue weighted by molar-refractivity contribution is 7.22. The van der Waals surface area contributed by atoms with Crippen LogP contribution in [0.3, 0.4) is 0 Å². The predicted molar refractivity (Wildman–Crippen MR) is 25.6 cm³/mol. The topological polar surface area (TPSA) is 0 Å². The molecule has 0 aliphatic carbocycles. The average molecular weight is 120 g/mol. The van der Waals surface area contributed by atoms with E-state index in [0.717, 1.165) is 0 Å². The van der Waals surface area contributed by atoms with Gasteiger partial charge < -0.3 is 18.1 Å². The molecule has 0 saturated heterocycles. The predicted octanol–water partition coefficient (Wildman–Crippen LogP) is 1.20. The molecule has 0 amide bonds. The Morgan fingerprint density at radius 3 is 1.40 bits per heavy atom. The molecule has 25 valence electrons. The minimum absolute atomic E-state index is 0.639. The molecule has 0 aliphatic rings. The van der Waals surface area contributed by atoms with E-state index in [0.29, 0.717) is 0 Å². The molecule has 0 aromatic carbocycles. The van der Waals surface area contributed by atoms with Crippen LogP contribution in [0, 0.1) is 12.8 Å². The van der Waals surface area contributed by atoms with Crippen molar-refractivity contribution in [3.8, 4) is 6.42 Å². The minimum atomic E-state index is -0.639. The Morgan fingerprint density at radius 2 is 1.40 bits per heavy atom. The van der Waals surface area contributed by atoms with Gasteiger partial charge in [-0.15, -0.1) is 6.42 Å². The number of hydrogen-bond donors (Lipinski definition) is 0. The zero-order valence-corrected chi connectivity index (χ0v) is 5.47. The van der Waals surface area contributed by atoms with Crippen molar-refractivity contribution in [2.75, 3.05) is 0 Å². The second-order valence-corrected chi connectivity index (χ2v) is 2.73. The highest BCUT2D eigenvalue weighted by atomic mass is 35.6. The second kappa shape index (κ2) is 20.6. The first-order chi connectivity index (χ1) is 2.41. The lowest BCUT2D eigenvalue weighted by molar-refractivity contribution is 2.90. The third kappa shape index (κ3) is 50.5. The summed E-state index contributed by atoms with van der Waals surface area (Å²) >= 11 is -0.639. The van der Waals surface area contributed by atoms with E-state index >= 15 is 0 Å². The van der Waals surface area contributed by atoms with Gasteiger partial charge in [-0.1, -0.05) is 0 Å². The largest absolute Gasteiger partial charge is 0.618 e. The number of halogens is 2. The van der Waals surface area contributed by atoms with E-state index < -0.39 is 18.2 Å². The Morgan fingerprint density at radius 1 is 1.40 bits per heavy atom. The van der Waals surface area contributed by atoms with E-state index in [1.54, 1.807) is 0 Å². The summed E-state index contributed by atoms with van der Waals surface area (Å²) in [6.45, 7) is 0. The number of hydrogen-bond acceptors (Lipinski definition) is 0. The Balaban J connectivity index is 0. The van der Waals surface area contributed by atoms with Crippen LogP contribution in [0.2, 0.25) is 0 Å². The molecule has 0 spiro atoms. The van der Waals surface area contributed by atoms with Gasteiger partial charge in [0.1, 0.15) is 0 Å². The maximum Gasteiger partial charge on any atom is 0.618 e. The van der Waals surface area contributed by atoms with Crippen LogP contribution < -0.4 is 0 Å². The molecule has 0 saturated carbocycles. The van der Waals surface area contributed by atoms with Crippen molar-refractivity contribution >= 4 is 36.3 Å². The Labute approximate surface area is 49.1 Å². The summed E-state index contributed by atoms with van der Waals surface area (Å²) in [5, 5.41) is 0. The molecule has 1 radical (unpaired) electrons. The molecule has 0 bridgehead atoms. The van der Waals surface area contributed by atoms with Gasteiger partial charge in [-0.25, -0.2) is 0 Å². The number of terminal acetylenes is 1. The second-order valence-electron chi connectivity index (χ2n) is 0.101. The lowest BCUT2D eigenvalue weighted by atomic mass is 11.4. The van der Waals surface area contributed by atoms with E-state index in [2.05, 4.69) is 6.42 Å². The standard InChI is InChI=1S/C2H.2ClH.Mg/c1-2;;;/h1H;2*1H;/q;;;+2/p-2. The molecule has 0 N–H and O–H groups in total. The van der Waals surface area contributed by atoms with Crippen molar-refractivity contribution in [1.29, 1.82) is 0 Å². The summed E-state index contributed by atoms with van der Waals surface area (Å²) in [7, 11) is 9.81. The van der Waals surface area contributed by atoms with Crippen LogP contribution >= 0.6 is 18.1 Å². The Bertz CT molecular complexity index is 18.9. The van der Waals surface area contributed by atoms with Crippen molar-refractivity contribution in [2.24, 2.45) is 0 Å². The maximum atomic E-state index is 5.25. The van der Waals surface area contributed by atoms with Crippen LogP contribution in [0.1, 0.15) is 0 Å². The first-order valence-corrected chi connectivity index (χ1v) is 5.10. The zero-order valence-electron chi connectivity index (χ0n) is 2.54. The lowest BCUT2D eigenvalue weighted by Gasteiger charge is -1.33. The van der Waals surface area contributed by atoms with Crippen molar-refractivity contribution in [1.82, 2.24) is 0 Å². The van der Waals surface area contributed by atoms with E-state index in [1.807, 2.05) is 0 Å². The molecule has 3 heteroatoms. The zero-order chi connectivity index (χ0) is 4.71. The highest BCUT2D eigenvalue weighted by Crippen LogP contribution is 1.67. The summed E-state index contributed by atoms with van der Waals surface area (Å²) < 4.78 is 0. The first kappa shape index (κ1) is 9.32. The molecule has 0 heterocycles. The summed E-state index contributed by atoms with van der Waals surface area (Å²) in [5.74, 6) is 0. The van der Waals surface area contributed by atoms with E-state index in [1.165, 1.54) is 0 Å². The minimum Gasteiger partial charge on any atom is -0.309 e. The SMILES string of the molecule is [C]#C.[Cl][Mg][Cl]. The maximum absolute atomic E-state index is 5.25. The van der Waals surface area contributed by atoms with Gasteiger partial charge in [0.05, 0.1) is 0 Å². The Kier molecular flexibility index (Phi) is 38.4. The quantitative estimate of drug-likeness (QED) is 0.333. The van der Waals surface area contributed by atoms with Gasteiger partial charge in [0, 0.05) is 0 Å². The van der Waals surface area contributed by atoms with Crippen LogP contribution in [-0.2, 0) is 0 Å². The van der Waals surface area contributed by atoms with Crippen molar-refractivity contribution in [3.05, 3.63) is 6.42 Å². The van der Waals surface area contributed by atoms with Gasteiger partial charge in [0.15, 0.2) is 0 Å². The molecule has 0 fully saturated rings. The van der Waals surface area contributed by atoms with Gasteiger partial charge in [0.2, 0.25) is 0 Å². The molecule has 0 nitrogen and oxygen atoms in total. The molecule has 0 aromatic heterocycles. The fourth-order valence-corrected chi connectivity index (χ4v) is 0. The van der Waals surface area contributed by atoms with E-state index in [4.69, 9.17) is 24.6 Å². The van der Waals surface area contributed by atoms with Crippen molar-refractivity contribution in [2.45, 2.75) is 0 Å². The average Bonchev–Trinajstić information content (AvgIpc) is 1.46. The normalized spacial score (nSPS) is 2.40. The van der Waals surface area contributed by atoms with Crippen molar-refractivity contribution < 1.29 is 0 Å². The number of rotatable bonds is 0. The van der Waals surface area contributed by atoms with Gasteiger partial charge >= 0.3 is 18.2 Å². The van der Waals surface area contributed by atoms with E-state index in [9.17, 15) is 0 Å². The van der Waals surface area contributed by atoms with Gasteiger partial charge in [-0.05, 0) is 6.42 Å². The van der Waals surface area contributed by atoms with Crippen molar-refractivity contribution in [3.63, 3.8) is 0 Å². The smallest absolute Gasteiger partial charge is 0.309 e. The highest BCUT2D eigenvalue weighted by Gasteiger charge is 1.64.